The Kier molecular flexibility index (Phi) is 4.82. The maximum atomic E-state index is 10.9. The van der Waals surface area contributed by atoms with Crippen LogP contribution in [0.25, 0.3) is 0 Å². The van der Waals surface area contributed by atoms with Gasteiger partial charge in [0.2, 0.25) is 0 Å². The third kappa shape index (κ3) is 3.93. The van der Waals surface area contributed by atoms with Crippen LogP contribution in [0.1, 0.15) is 6.42 Å². The summed E-state index contributed by atoms with van der Waals surface area (Å²) in [4.78, 5) is 21.1. The van der Waals surface area contributed by atoms with Gasteiger partial charge in [-0.1, -0.05) is 0 Å². The van der Waals surface area contributed by atoms with E-state index in [4.69, 9.17) is 14.9 Å². The third-order valence-corrected chi connectivity index (χ3v) is 2.31. The molecule has 0 aromatic carbocycles. The summed E-state index contributed by atoms with van der Waals surface area (Å²) in [5.41, 5.74) is 0. The van der Waals surface area contributed by atoms with Gasteiger partial charge in [-0.15, -0.1) is 0 Å². The van der Waals surface area contributed by atoms with Crippen LogP contribution in [0.2, 0.25) is 0 Å². The summed E-state index contributed by atoms with van der Waals surface area (Å²) in [5, 5.41) is 36.2. The Morgan fingerprint density at radius 3 is 2.47 bits per heavy atom. The van der Waals surface area contributed by atoms with Crippen LogP contribution in [0.4, 0.5) is 0 Å². The van der Waals surface area contributed by atoms with Crippen molar-refractivity contribution in [2.24, 2.45) is 0 Å². The van der Waals surface area contributed by atoms with Crippen LogP contribution < -0.4 is 0 Å². The molecule has 0 radical (unpaired) electrons. The first-order valence-corrected chi connectivity index (χ1v) is 4.95. The number of aliphatic hydroxyl groups excluding tert-OH is 3. The summed E-state index contributed by atoms with van der Waals surface area (Å²) in [7, 11) is 0. The number of hydrogen-bond acceptors (Lipinski definition) is 7. The number of hydrogen-bond donors (Lipinski definition) is 4. The lowest BCUT2D eigenvalue weighted by Gasteiger charge is -2.34. The zero-order valence-electron chi connectivity index (χ0n) is 8.85. The van der Waals surface area contributed by atoms with E-state index in [1.165, 1.54) is 0 Å². The predicted octanol–water partition coefficient (Wildman–Crippen LogP) is -2.51. The van der Waals surface area contributed by atoms with E-state index in [-0.39, 0.29) is 13.2 Å². The van der Waals surface area contributed by atoms with Crippen molar-refractivity contribution in [3.8, 4) is 0 Å². The third-order valence-electron chi connectivity index (χ3n) is 2.31. The second kappa shape index (κ2) is 5.92. The number of carboxylic acids is 1. The highest BCUT2D eigenvalue weighted by atomic mass is 16.6. The van der Waals surface area contributed by atoms with Gasteiger partial charge in [-0.05, 0) is 0 Å². The largest absolute Gasteiger partial charge is 0.481 e. The highest BCUT2D eigenvalue weighted by molar-refractivity contribution is 5.90. The second-order valence-corrected chi connectivity index (χ2v) is 3.67. The first kappa shape index (κ1) is 13.8. The van der Waals surface area contributed by atoms with E-state index in [0.29, 0.717) is 0 Å². The summed E-state index contributed by atoms with van der Waals surface area (Å²) in [6, 6.07) is 0. The maximum absolute atomic E-state index is 10.9. The van der Waals surface area contributed by atoms with E-state index >= 15 is 0 Å². The number of ether oxygens (including phenoxy) is 2. The molecule has 1 aliphatic heterocycles. The molecule has 0 bridgehead atoms. The smallest absolute Gasteiger partial charge is 0.317 e. The van der Waals surface area contributed by atoms with Crippen LogP contribution in [0.5, 0.6) is 0 Å². The molecule has 98 valence electrons. The quantitative estimate of drug-likeness (QED) is 0.317. The Morgan fingerprint density at radius 1 is 1.24 bits per heavy atom. The van der Waals surface area contributed by atoms with E-state index < -0.39 is 42.8 Å². The molecule has 8 heteroatoms. The lowest BCUT2D eigenvalue weighted by Crippen LogP contribution is -2.54. The van der Waals surface area contributed by atoms with E-state index in [2.05, 4.69) is 4.74 Å². The lowest BCUT2D eigenvalue weighted by atomic mass is 10.0. The zero-order valence-corrected chi connectivity index (χ0v) is 8.85. The highest BCUT2D eigenvalue weighted by Gasteiger charge is 2.38. The number of esters is 1. The minimum atomic E-state index is -1.39. The zero-order chi connectivity index (χ0) is 13.0. The van der Waals surface area contributed by atoms with Gasteiger partial charge < -0.3 is 29.9 Å². The van der Waals surface area contributed by atoms with E-state index in [1.54, 1.807) is 0 Å². The van der Waals surface area contributed by atoms with Crippen molar-refractivity contribution in [2.45, 2.75) is 30.8 Å². The van der Waals surface area contributed by atoms with E-state index in [0.717, 1.165) is 0 Å². The van der Waals surface area contributed by atoms with Gasteiger partial charge in [0.15, 0.2) is 0 Å². The van der Waals surface area contributed by atoms with E-state index in [9.17, 15) is 19.8 Å². The van der Waals surface area contributed by atoms with Gasteiger partial charge in [-0.3, -0.25) is 9.59 Å². The molecular weight excluding hydrogens is 236 g/mol. The van der Waals surface area contributed by atoms with Crippen LogP contribution in [0.3, 0.4) is 0 Å². The first-order chi connectivity index (χ1) is 7.91. The molecule has 0 aromatic rings. The van der Waals surface area contributed by atoms with Gasteiger partial charge in [0.1, 0.15) is 37.4 Å². The number of aliphatic hydroxyl groups is 3. The number of carbonyl (C=O) groups is 2. The van der Waals surface area contributed by atoms with E-state index in [1.807, 2.05) is 0 Å². The van der Waals surface area contributed by atoms with Gasteiger partial charge in [0.05, 0.1) is 6.61 Å². The molecule has 1 heterocycles. The first-order valence-electron chi connectivity index (χ1n) is 4.95. The SMILES string of the molecule is O=C(O)CC(=O)OC[C@H]1OC[C@H](O)[C@@H](O)[C@@H]1O. The van der Waals surface area contributed by atoms with Gasteiger partial charge in [0, 0.05) is 0 Å². The summed E-state index contributed by atoms with van der Waals surface area (Å²) in [6.07, 6.45) is -5.74. The minimum Gasteiger partial charge on any atom is -0.481 e. The average Bonchev–Trinajstić information content (AvgIpc) is 2.24. The number of carboxylic acid groups (broad SMARTS) is 1. The normalized spacial score (nSPS) is 33.1. The Morgan fingerprint density at radius 2 is 1.88 bits per heavy atom. The molecule has 8 nitrogen and oxygen atoms in total. The minimum absolute atomic E-state index is 0.195. The average molecular weight is 250 g/mol. The lowest BCUT2D eigenvalue weighted by molar-refractivity contribution is -0.201. The molecule has 0 unspecified atom stereocenters. The molecule has 0 aliphatic carbocycles. The fraction of sp³-hybridized carbons (Fsp3) is 0.778. The molecule has 1 aliphatic rings. The Balaban J connectivity index is 2.37. The Bertz CT molecular complexity index is 291. The van der Waals surface area contributed by atoms with Gasteiger partial charge in [-0.25, -0.2) is 0 Å². The maximum Gasteiger partial charge on any atom is 0.317 e. The van der Waals surface area contributed by atoms with Gasteiger partial charge in [-0.2, -0.15) is 0 Å². The molecule has 0 spiro atoms. The van der Waals surface area contributed by atoms with Crippen molar-refractivity contribution < 1.29 is 39.5 Å². The molecule has 4 atom stereocenters. The van der Waals surface area contributed by atoms with Gasteiger partial charge in [0.25, 0.3) is 0 Å². The summed E-state index contributed by atoms with van der Waals surface area (Å²) in [5.74, 6) is -2.29. The van der Waals surface area contributed by atoms with Crippen LogP contribution in [0, 0.1) is 0 Å². The molecular formula is C9H14O8. The molecule has 1 fully saturated rings. The summed E-state index contributed by atoms with van der Waals surface area (Å²) in [6.45, 7) is -0.573. The topological polar surface area (TPSA) is 134 Å². The fourth-order valence-electron chi connectivity index (χ4n) is 1.36. The van der Waals surface area contributed by atoms with Crippen molar-refractivity contribution in [3.63, 3.8) is 0 Å². The molecule has 17 heavy (non-hydrogen) atoms. The second-order valence-electron chi connectivity index (χ2n) is 3.67. The van der Waals surface area contributed by atoms with Crippen LogP contribution in [-0.2, 0) is 19.1 Å². The van der Waals surface area contributed by atoms with Crippen molar-refractivity contribution in [1.29, 1.82) is 0 Å². The summed E-state index contributed by atoms with van der Waals surface area (Å²) >= 11 is 0. The molecule has 1 rings (SSSR count). The predicted molar refractivity (Wildman–Crippen MR) is 51.0 cm³/mol. The monoisotopic (exact) mass is 250 g/mol. The Labute approximate surface area is 96.4 Å². The van der Waals surface area contributed by atoms with Crippen molar-refractivity contribution in [1.82, 2.24) is 0 Å². The van der Waals surface area contributed by atoms with Crippen molar-refractivity contribution >= 4 is 11.9 Å². The fourth-order valence-corrected chi connectivity index (χ4v) is 1.36. The molecule has 0 saturated carbocycles. The standard InChI is InChI=1S/C9H14O8/c10-4-2-16-5(9(15)8(4)14)3-17-7(13)1-6(11)12/h4-5,8-10,14-15H,1-3H2,(H,11,12)/t4-,5+,8+,9+/m0/s1. The van der Waals surface area contributed by atoms with Gasteiger partial charge >= 0.3 is 11.9 Å². The van der Waals surface area contributed by atoms with Crippen LogP contribution in [-0.4, -0.2) is 70.0 Å². The number of aliphatic carboxylic acids is 1. The van der Waals surface area contributed by atoms with Crippen molar-refractivity contribution in [2.75, 3.05) is 13.2 Å². The molecule has 0 amide bonds. The summed E-state index contributed by atoms with van der Waals surface area (Å²) < 4.78 is 9.49. The van der Waals surface area contributed by atoms with Crippen LogP contribution in [0.15, 0.2) is 0 Å². The van der Waals surface area contributed by atoms with Crippen molar-refractivity contribution in [3.05, 3.63) is 0 Å². The molecule has 1 saturated heterocycles. The molecule has 0 aromatic heterocycles. The van der Waals surface area contributed by atoms with Crippen LogP contribution >= 0.6 is 0 Å². The number of rotatable bonds is 4. The number of carbonyl (C=O) groups excluding carboxylic acids is 1. The molecule has 4 N–H and O–H groups in total. The highest BCUT2D eigenvalue weighted by Crippen LogP contribution is 2.15. The Hall–Kier alpha value is -1.22.